The van der Waals surface area contributed by atoms with E-state index < -0.39 is 17.9 Å². The first kappa shape index (κ1) is 14.0. The van der Waals surface area contributed by atoms with Gasteiger partial charge in [-0.2, -0.15) is 0 Å². The molecule has 0 aromatic heterocycles. The van der Waals surface area contributed by atoms with Gasteiger partial charge in [0.15, 0.2) is 0 Å². The van der Waals surface area contributed by atoms with Crippen LogP contribution >= 0.6 is 0 Å². The maximum absolute atomic E-state index is 11.8. The molecular formula is C13H17NO4. The van der Waals surface area contributed by atoms with Gasteiger partial charge in [-0.05, 0) is 39.0 Å². The second-order valence-corrected chi connectivity index (χ2v) is 4.23. The Morgan fingerprint density at radius 3 is 2.50 bits per heavy atom. The van der Waals surface area contributed by atoms with Gasteiger partial charge in [0.1, 0.15) is 11.8 Å². The molecule has 0 aliphatic rings. The Hall–Kier alpha value is -2.04. The molecule has 1 atom stereocenters. The average Bonchev–Trinajstić information content (AvgIpc) is 2.28. The molecular weight excluding hydrogens is 234 g/mol. The highest BCUT2D eigenvalue weighted by atomic mass is 16.5. The number of aliphatic carboxylic acids is 1. The Morgan fingerprint density at radius 2 is 1.94 bits per heavy atom. The topological polar surface area (TPSA) is 75.6 Å². The molecule has 1 amide bonds. The maximum Gasteiger partial charge on any atom is 0.325 e. The number of carbonyl (C=O) groups excluding carboxylic acids is 1. The van der Waals surface area contributed by atoms with Gasteiger partial charge in [-0.3, -0.25) is 9.59 Å². The van der Waals surface area contributed by atoms with Crippen LogP contribution in [0.1, 0.15) is 31.1 Å². The van der Waals surface area contributed by atoms with Gasteiger partial charge >= 0.3 is 5.97 Å². The molecule has 0 saturated carbocycles. The van der Waals surface area contributed by atoms with Crippen molar-refractivity contribution in [3.63, 3.8) is 0 Å². The van der Waals surface area contributed by atoms with Crippen LogP contribution in [0.5, 0.6) is 5.75 Å². The van der Waals surface area contributed by atoms with Crippen molar-refractivity contribution in [1.29, 1.82) is 0 Å². The Morgan fingerprint density at radius 1 is 1.28 bits per heavy atom. The fraction of sp³-hybridized carbons (Fsp3) is 0.385. The molecule has 18 heavy (non-hydrogen) atoms. The summed E-state index contributed by atoms with van der Waals surface area (Å²) in [6, 6.07) is 5.71. The molecule has 2 N–H and O–H groups in total. The summed E-state index contributed by atoms with van der Waals surface area (Å²) < 4.78 is 5.46. The van der Waals surface area contributed by atoms with Crippen LogP contribution in [-0.2, 0) is 4.79 Å². The molecule has 1 aromatic carbocycles. The minimum Gasteiger partial charge on any atom is -0.491 e. The van der Waals surface area contributed by atoms with Crippen LogP contribution in [0.2, 0.25) is 0 Å². The quantitative estimate of drug-likeness (QED) is 0.834. The van der Waals surface area contributed by atoms with Gasteiger partial charge < -0.3 is 15.2 Å². The molecule has 0 heterocycles. The number of hydrogen-bond donors (Lipinski definition) is 2. The lowest BCUT2D eigenvalue weighted by atomic mass is 10.2. The van der Waals surface area contributed by atoms with Crippen molar-refractivity contribution >= 4 is 11.9 Å². The Bertz CT molecular complexity index is 442. The second-order valence-electron chi connectivity index (χ2n) is 4.23. The van der Waals surface area contributed by atoms with E-state index in [0.29, 0.717) is 11.3 Å². The van der Waals surface area contributed by atoms with Crippen LogP contribution in [0.4, 0.5) is 0 Å². The lowest BCUT2D eigenvalue weighted by Gasteiger charge is -2.12. The molecule has 0 fully saturated rings. The van der Waals surface area contributed by atoms with E-state index in [2.05, 4.69) is 5.32 Å². The fourth-order valence-electron chi connectivity index (χ4n) is 1.32. The predicted octanol–water partition coefficient (Wildman–Crippen LogP) is 1.68. The molecule has 0 aliphatic carbocycles. The molecule has 0 unspecified atom stereocenters. The summed E-state index contributed by atoms with van der Waals surface area (Å²) in [4.78, 5) is 22.4. The molecule has 0 spiro atoms. The summed E-state index contributed by atoms with van der Waals surface area (Å²) in [6.45, 7) is 5.19. The van der Waals surface area contributed by atoms with Crippen LogP contribution in [0, 0.1) is 0 Å². The number of hydrogen-bond acceptors (Lipinski definition) is 3. The van der Waals surface area contributed by atoms with Crippen molar-refractivity contribution in [3.05, 3.63) is 29.8 Å². The summed E-state index contributed by atoms with van der Waals surface area (Å²) in [6.07, 6.45) is 0.0151. The lowest BCUT2D eigenvalue weighted by Crippen LogP contribution is -2.38. The van der Waals surface area contributed by atoms with E-state index in [1.165, 1.54) is 6.92 Å². The molecule has 1 rings (SSSR count). The molecule has 98 valence electrons. The number of carbonyl (C=O) groups is 2. The Kier molecular flexibility index (Phi) is 4.71. The normalized spacial score (nSPS) is 12.0. The highest BCUT2D eigenvalue weighted by Gasteiger charge is 2.15. The van der Waals surface area contributed by atoms with Crippen molar-refractivity contribution in [2.24, 2.45) is 0 Å². The SMILES string of the molecule is CC(C)Oc1cccc(C(=O)N[C@H](C)C(=O)O)c1. The fourth-order valence-corrected chi connectivity index (χ4v) is 1.32. The lowest BCUT2D eigenvalue weighted by molar-refractivity contribution is -0.138. The largest absolute Gasteiger partial charge is 0.491 e. The second kappa shape index (κ2) is 6.05. The minimum atomic E-state index is -1.07. The van der Waals surface area contributed by atoms with Gasteiger partial charge in [-0.15, -0.1) is 0 Å². The summed E-state index contributed by atoms with van der Waals surface area (Å²) in [5.74, 6) is -0.919. The monoisotopic (exact) mass is 251 g/mol. The van der Waals surface area contributed by atoms with Crippen LogP contribution in [0.3, 0.4) is 0 Å². The van der Waals surface area contributed by atoms with E-state index in [9.17, 15) is 9.59 Å². The van der Waals surface area contributed by atoms with Gasteiger partial charge in [0.05, 0.1) is 6.10 Å². The Labute approximate surface area is 106 Å². The van der Waals surface area contributed by atoms with E-state index in [-0.39, 0.29) is 6.10 Å². The summed E-state index contributed by atoms with van der Waals surface area (Å²) in [5.41, 5.74) is 0.376. The van der Waals surface area contributed by atoms with Crippen molar-refractivity contribution in [2.75, 3.05) is 0 Å². The van der Waals surface area contributed by atoms with Crippen molar-refractivity contribution in [2.45, 2.75) is 32.9 Å². The van der Waals surface area contributed by atoms with Crippen LogP contribution in [0.15, 0.2) is 24.3 Å². The van der Waals surface area contributed by atoms with Crippen LogP contribution < -0.4 is 10.1 Å². The number of amides is 1. The highest BCUT2D eigenvalue weighted by Crippen LogP contribution is 2.14. The first-order chi connectivity index (χ1) is 8.40. The highest BCUT2D eigenvalue weighted by molar-refractivity contribution is 5.96. The van der Waals surface area contributed by atoms with E-state index >= 15 is 0 Å². The number of carboxylic acid groups (broad SMARTS) is 1. The van der Waals surface area contributed by atoms with Crippen molar-refractivity contribution in [3.8, 4) is 5.75 Å². The smallest absolute Gasteiger partial charge is 0.325 e. The van der Waals surface area contributed by atoms with E-state index in [1.54, 1.807) is 24.3 Å². The summed E-state index contributed by atoms with van der Waals surface area (Å²) in [7, 11) is 0. The van der Waals surface area contributed by atoms with Crippen LogP contribution in [0.25, 0.3) is 0 Å². The average molecular weight is 251 g/mol. The molecule has 5 heteroatoms. The van der Waals surface area contributed by atoms with Gasteiger partial charge in [0.2, 0.25) is 0 Å². The summed E-state index contributed by atoms with van der Waals surface area (Å²) >= 11 is 0. The number of rotatable bonds is 5. The third-order valence-electron chi connectivity index (χ3n) is 2.19. The third kappa shape index (κ3) is 4.08. The zero-order chi connectivity index (χ0) is 13.7. The molecule has 0 radical (unpaired) electrons. The van der Waals surface area contributed by atoms with Crippen LogP contribution in [-0.4, -0.2) is 29.1 Å². The maximum atomic E-state index is 11.8. The predicted molar refractivity (Wildman–Crippen MR) is 66.8 cm³/mol. The zero-order valence-corrected chi connectivity index (χ0v) is 10.6. The number of ether oxygens (including phenoxy) is 1. The van der Waals surface area contributed by atoms with Gasteiger partial charge in [-0.1, -0.05) is 6.07 Å². The summed E-state index contributed by atoms with van der Waals surface area (Å²) in [5, 5.41) is 11.1. The van der Waals surface area contributed by atoms with Gasteiger partial charge in [-0.25, -0.2) is 0 Å². The molecule has 0 saturated heterocycles. The number of nitrogens with one attached hydrogen (secondary N) is 1. The molecule has 1 aromatic rings. The third-order valence-corrected chi connectivity index (χ3v) is 2.19. The van der Waals surface area contributed by atoms with Gasteiger partial charge in [0.25, 0.3) is 5.91 Å². The minimum absolute atomic E-state index is 0.0151. The molecule has 0 bridgehead atoms. The van der Waals surface area contributed by atoms with E-state index in [4.69, 9.17) is 9.84 Å². The van der Waals surface area contributed by atoms with E-state index in [1.807, 2.05) is 13.8 Å². The standard InChI is InChI=1S/C13H17NO4/c1-8(2)18-11-6-4-5-10(7-11)12(15)14-9(3)13(16)17/h4-9H,1-3H3,(H,14,15)(H,16,17)/t9-/m1/s1. The van der Waals surface area contributed by atoms with Crippen molar-refractivity contribution in [1.82, 2.24) is 5.32 Å². The number of benzene rings is 1. The Balaban J connectivity index is 2.77. The zero-order valence-electron chi connectivity index (χ0n) is 10.6. The number of carboxylic acids is 1. The van der Waals surface area contributed by atoms with Crippen molar-refractivity contribution < 1.29 is 19.4 Å². The first-order valence-electron chi connectivity index (χ1n) is 5.70. The first-order valence-corrected chi connectivity index (χ1v) is 5.70. The molecule has 5 nitrogen and oxygen atoms in total. The van der Waals surface area contributed by atoms with Gasteiger partial charge in [0, 0.05) is 5.56 Å². The molecule has 0 aliphatic heterocycles. The van der Waals surface area contributed by atoms with E-state index in [0.717, 1.165) is 0 Å².